The zero-order valence-corrected chi connectivity index (χ0v) is 5.37. The van der Waals surface area contributed by atoms with Gasteiger partial charge in [-0.2, -0.15) is 0 Å². The van der Waals surface area contributed by atoms with Crippen LogP contribution in [0.25, 0.3) is 0 Å². The fourth-order valence-corrected chi connectivity index (χ4v) is 0.486. The molecule has 0 saturated heterocycles. The third-order valence-corrected chi connectivity index (χ3v) is 0.992. The normalized spacial score (nSPS) is 10.6. The molecule has 0 spiro atoms. The molecular formula is C5H8N2O2. The predicted octanol–water partition coefficient (Wildman–Crippen LogP) is -0.383. The van der Waals surface area contributed by atoms with Crippen LogP contribution in [-0.4, -0.2) is 5.27 Å². The molecule has 0 radical (unpaired) electrons. The molecule has 50 valence electrons. The third kappa shape index (κ3) is 1.19. The molecule has 0 aliphatic rings. The fraction of sp³-hybridized carbons (Fsp3) is 0.600. The molecule has 1 aromatic rings. The Morgan fingerprint density at radius 1 is 1.78 bits per heavy atom. The summed E-state index contributed by atoms with van der Waals surface area (Å²) in [7, 11) is 0. The summed E-state index contributed by atoms with van der Waals surface area (Å²) in [5, 5.41) is 13.8. The second kappa shape index (κ2) is 2.05. The predicted molar refractivity (Wildman–Crippen MR) is 26.5 cm³/mol. The minimum atomic E-state index is -0.399. The van der Waals surface area contributed by atoms with Crippen molar-refractivity contribution in [1.29, 1.82) is 0 Å². The Bertz CT molecular complexity index is 195. The van der Waals surface area contributed by atoms with Gasteiger partial charge in [0.1, 0.15) is 5.95 Å². The van der Waals surface area contributed by atoms with E-state index in [1.54, 1.807) is 0 Å². The van der Waals surface area contributed by atoms with Gasteiger partial charge in [-0.3, -0.25) is 0 Å². The van der Waals surface area contributed by atoms with E-state index >= 15 is 0 Å². The first-order valence-corrected chi connectivity index (χ1v) is 2.75. The van der Waals surface area contributed by atoms with E-state index in [9.17, 15) is 5.11 Å². The molecule has 0 unspecified atom stereocenters. The monoisotopic (exact) mass is 128 g/mol. The molecule has 4 heteroatoms. The van der Waals surface area contributed by atoms with Crippen LogP contribution in [0.2, 0.25) is 0 Å². The van der Waals surface area contributed by atoms with Crippen LogP contribution < -0.4 is 9.79 Å². The van der Waals surface area contributed by atoms with E-state index in [2.05, 4.69) is 9.79 Å². The van der Waals surface area contributed by atoms with Gasteiger partial charge in [0.2, 0.25) is 6.20 Å². The van der Waals surface area contributed by atoms with Crippen LogP contribution in [0.5, 0.6) is 5.95 Å². The standard InChI is InChI=1S/C5H8N2O2/c1-4(2)7-3-5(8)9-6-7/h3-4H,1-2H3. The number of hydrogen-bond donors (Lipinski definition) is 0. The first kappa shape index (κ1) is 6.07. The summed E-state index contributed by atoms with van der Waals surface area (Å²) < 4.78 is 5.76. The molecule has 1 aromatic heterocycles. The summed E-state index contributed by atoms with van der Waals surface area (Å²) in [6, 6.07) is 0.191. The van der Waals surface area contributed by atoms with E-state index in [4.69, 9.17) is 0 Å². The van der Waals surface area contributed by atoms with Gasteiger partial charge in [-0.05, 0) is 13.8 Å². The molecule has 9 heavy (non-hydrogen) atoms. The van der Waals surface area contributed by atoms with E-state index in [1.807, 2.05) is 13.8 Å². The van der Waals surface area contributed by atoms with Gasteiger partial charge in [0.15, 0.2) is 6.04 Å². The summed E-state index contributed by atoms with van der Waals surface area (Å²) in [5.74, 6) is -0.399. The Morgan fingerprint density at radius 3 is 2.67 bits per heavy atom. The lowest BCUT2D eigenvalue weighted by atomic mass is 10.4. The Kier molecular flexibility index (Phi) is 1.38. The first-order chi connectivity index (χ1) is 4.20. The van der Waals surface area contributed by atoms with Gasteiger partial charge in [0.25, 0.3) is 0 Å². The molecule has 0 bridgehead atoms. The molecule has 0 aromatic carbocycles. The van der Waals surface area contributed by atoms with E-state index < -0.39 is 5.95 Å². The number of nitrogens with zero attached hydrogens (tertiary/aromatic N) is 2. The Labute approximate surface area is 52.7 Å². The van der Waals surface area contributed by atoms with Crippen molar-refractivity contribution in [2.45, 2.75) is 19.9 Å². The van der Waals surface area contributed by atoms with Crippen LogP contribution >= 0.6 is 0 Å². The third-order valence-electron chi connectivity index (χ3n) is 0.992. The van der Waals surface area contributed by atoms with Crippen LogP contribution in [0, 0.1) is 0 Å². The van der Waals surface area contributed by atoms with Crippen molar-refractivity contribution in [1.82, 2.24) is 5.27 Å². The van der Waals surface area contributed by atoms with Gasteiger partial charge in [-0.1, -0.05) is 4.68 Å². The molecule has 0 aliphatic carbocycles. The average Bonchev–Trinajstić information content (AvgIpc) is 2.14. The van der Waals surface area contributed by atoms with Crippen molar-refractivity contribution >= 4 is 0 Å². The van der Waals surface area contributed by atoms with Crippen molar-refractivity contribution in [3.8, 4) is 5.95 Å². The lowest BCUT2D eigenvalue weighted by Crippen LogP contribution is -2.36. The van der Waals surface area contributed by atoms with E-state index in [0.29, 0.717) is 0 Å². The van der Waals surface area contributed by atoms with Gasteiger partial charge >= 0.3 is 0 Å². The Balaban J connectivity index is 2.85. The average molecular weight is 128 g/mol. The zero-order chi connectivity index (χ0) is 6.85. The molecule has 4 nitrogen and oxygen atoms in total. The SMILES string of the molecule is CC(C)[n+]1cc([O-])on1. The molecule has 0 fully saturated rings. The van der Waals surface area contributed by atoms with Gasteiger partial charge < -0.3 is 9.63 Å². The molecule has 0 saturated carbocycles. The van der Waals surface area contributed by atoms with Crippen molar-refractivity contribution in [3.63, 3.8) is 0 Å². The van der Waals surface area contributed by atoms with Gasteiger partial charge in [0.05, 0.1) is 5.27 Å². The molecule has 0 atom stereocenters. The Hall–Kier alpha value is -1.06. The van der Waals surface area contributed by atoms with Gasteiger partial charge in [-0.15, -0.1) is 0 Å². The van der Waals surface area contributed by atoms with Crippen molar-refractivity contribution in [2.75, 3.05) is 0 Å². The van der Waals surface area contributed by atoms with Gasteiger partial charge in [0, 0.05) is 0 Å². The van der Waals surface area contributed by atoms with E-state index in [-0.39, 0.29) is 6.04 Å². The van der Waals surface area contributed by atoms with Crippen molar-refractivity contribution < 1.29 is 14.3 Å². The molecule has 0 aliphatic heterocycles. The maximum Gasteiger partial charge on any atom is 0.221 e. The van der Waals surface area contributed by atoms with Crippen molar-refractivity contribution in [3.05, 3.63) is 6.20 Å². The second-order valence-corrected chi connectivity index (χ2v) is 2.09. The molecule has 0 amide bonds. The minimum absolute atomic E-state index is 0.191. The highest BCUT2D eigenvalue weighted by Crippen LogP contribution is 1.96. The van der Waals surface area contributed by atoms with Crippen molar-refractivity contribution in [2.24, 2.45) is 0 Å². The zero-order valence-electron chi connectivity index (χ0n) is 5.37. The fourth-order valence-electron chi connectivity index (χ4n) is 0.486. The molecule has 1 heterocycles. The van der Waals surface area contributed by atoms with E-state index in [0.717, 1.165) is 0 Å². The van der Waals surface area contributed by atoms with E-state index in [1.165, 1.54) is 10.9 Å². The Morgan fingerprint density at radius 2 is 2.44 bits per heavy atom. The number of rotatable bonds is 1. The topological polar surface area (TPSA) is 53.0 Å². The minimum Gasteiger partial charge on any atom is -0.539 e. The summed E-state index contributed by atoms with van der Waals surface area (Å²) in [6.45, 7) is 3.84. The maximum atomic E-state index is 10.3. The summed E-state index contributed by atoms with van der Waals surface area (Å²) in [5.41, 5.74) is 0. The lowest BCUT2D eigenvalue weighted by Gasteiger charge is -1.87. The van der Waals surface area contributed by atoms with Crippen LogP contribution in [0.15, 0.2) is 10.7 Å². The summed E-state index contributed by atoms with van der Waals surface area (Å²) in [6.07, 6.45) is 1.32. The highest BCUT2D eigenvalue weighted by atomic mass is 16.6. The lowest BCUT2D eigenvalue weighted by molar-refractivity contribution is -0.779. The van der Waals surface area contributed by atoms with Crippen LogP contribution in [0.1, 0.15) is 19.9 Å². The highest BCUT2D eigenvalue weighted by molar-refractivity contribution is 4.80. The van der Waals surface area contributed by atoms with Crippen LogP contribution in [0.3, 0.4) is 0 Å². The molecule has 1 rings (SSSR count). The first-order valence-electron chi connectivity index (χ1n) is 2.75. The van der Waals surface area contributed by atoms with Gasteiger partial charge in [-0.25, -0.2) is 0 Å². The largest absolute Gasteiger partial charge is 0.539 e. The summed E-state index contributed by atoms with van der Waals surface area (Å²) in [4.78, 5) is 0. The number of aromatic nitrogens is 2. The molecule has 0 N–H and O–H groups in total. The quantitative estimate of drug-likeness (QED) is 0.484. The summed E-state index contributed by atoms with van der Waals surface area (Å²) >= 11 is 0. The highest BCUT2D eigenvalue weighted by Gasteiger charge is 2.06. The molecular weight excluding hydrogens is 120 g/mol. The second-order valence-electron chi connectivity index (χ2n) is 2.09. The smallest absolute Gasteiger partial charge is 0.221 e. The van der Waals surface area contributed by atoms with Crippen LogP contribution in [-0.2, 0) is 0 Å². The van der Waals surface area contributed by atoms with Crippen LogP contribution in [0.4, 0.5) is 0 Å². The maximum absolute atomic E-state index is 10.3. The number of hydrogen-bond acceptors (Lipinski definition) is 3.